The monoisotopic (exact) mass is 293 g/mol. The molecule has 0 aliphatic rings. The van der Waals surface area contributed by atoms with Crippen LogP contribution in [0.3, 0.4) is 0 Å². The van der Waals surface area contributed by atoms with Crippen molar-refractivity contribution in [3.63, 3.8) is 0 Å². The lowest BCUT2D eigenvalue weighted by atomic mass is 10.2. The molecule has 0 saturated carbocycles. The van der Waals surface area contributed by atoms with Crippen LogP contribution in [0, 0.1) is 0 Å². The average molecular weight is 293 g/mol. The highest BCUT2D eigenvalue weighted by molar-refractivity contribution is 5.91. The maximum atomic E-state index is 11.7. The standard InChI is InChI=1S/C15H23N3O3/c1-11(2)16-10-4-5-14(19)17-12-6-8-13(9-7-12)18-15(20)21-3/h6-9,11,16H,4-5,10H2,1-3H3,(H,17,19)(H,18,20). The first-order valence-corrected chi connectivity index (χ1v) is 6.99. The van der Waals surface area contributed by atoms with Crippen LogP contribution in [-0.2, 0) is 9.53 Å². The van der Waals surface area contributed by atoms with Gasteiger partial charge in [0.15, 0.2) is 0 Å². The van der Waals surface area contributed by atoms with Gasteiger partial charge in [0.25, 0.3) is 0 Å². The summed E-state index contributed by atoms with van der Waals surface area (Å²) in [6.45, 7) is 4.97. The number of benzene rings is 1. The van der Waals surface area contributed by atoms with Gasteiger partial charge >= 0.3 is 6.09 Å². The number of hydrogen-bond donors (Lipinski definition) is 3. The quantitative estimate of drug-likeness (QED) is 0.675. The van der Waals surface area contributed by atoms with Crippen molar-refractivity contribution < 1.29 is 14.3 Å². The molecule has 116 valence electrons. The highest BCUT2D eigenvalue weighted by Gasteiger charge is 2.04. The smallest absolute Gasteiger partial charge is 0.411 e. The Morgan fingerprint density at radius 2 is 1.67 bits per heavy atom. The molecule has 0 unspecified atom stereocenters. The number of methoxy groups -OCH3 is 1. The van der Waals surface area contributed by atoms with E-state index in [9.17, 15) is 9.59 Å². The van der Waals surface area contributed by atoms with Crippen molar-refractivity contribution in [2.24, 2.45) is 0 Å². The Labute approximate surface area is 125 Å². The first kappa shape index (κ1) is 17.0. The summed E-state index contributed by atoms with van der Waals surface area (Å²) in [5.41, 5.74) is 1.31. The summed E-state index contributed by atoms with van der Waals surface area (Å²) in [7, 11) is 1.30. The van der Waals surface area contributed by atoms with E-state index in [4.69, 9.17) is 0 Å². The van der Waals surface area contributed by atoms with Gasteiger partial charge in [0.2, 0.25) is 5.91 Å². The number of amides is 2. The third kappa shape index (κ3) is 7.31. The summed E-state index contributed by atoms with van der Waals surface area (Å²) in [5.74, 6) is -0.0192. The lowest BCUT2D eigenvalue weighted by molar-refractivity contribution is -0.116. The van der Waals surface area contributed by atoms with E-state index < -0.39 is 6.09 Å². The Morgan fingerprint density at radius 3 is 2.19 bits per heavy atom. The van der Waals surface area contributed by atoms with Crippen LogP contribution < -0.4 is 16.0 Å². The molecule has 1 rings (SSSR count). The average Bonchev–Trinajstić information content (AvgIpc) is 2.45. The third-order valence-electron chi connectivity index (χ3n) is 2.73. The molecule has 0 aromatic heterocycles. The Kier molecular flexibility index (Phi) is 7.25. The third-order valence-corrected chi connectivity index (χ3v) is 2.73. The zero-order valence-electron chi connectivity index (χ0n) is 12.7. The maximum absolute atomic E-state index is 11.7. The van der Waals surface area contributed by atoms with Gasteiger partial charge in [0.05, 0.1) is 7.11 Å². The Balaban J connectivity index is 2.34. The van der Waals surface area contributed by atoms with Crippen LogP contribution in [0.5, 0.6) is 0 Å². The summed E-state index contributed by atoms with van der Waals surface area (Å²) >= 11 is 0. The summed E-state index contributed by atoms with van der Waals surface area (Å²) in [4.78, 5) is 22.8. The Hall–Kier alpha value is -2.08. The largest absolute Gasteiger partial charge is 0.453 e. The van der Waals surface area contributed by atoms with Gasteiger partial charge in [-0.25, -0.2) is 4.79 Å². The van der Waals surface area contributed by atoms with Crippen LogP contribution in [0.25, 0.3) is 0 Å². The second-order valence-corrected chi connectivity index (χ2v) is 4.95. The Bertz CT molecular complexity index is 458. The molecule has 2 amide bonds. The normalized spacial score (nSPS) is 10.3. The van der Waals surface area contributed by atoms with Crippen LogP contribution in [0.2, 0.25) is 0 Å². The molecule has 0 heterocycles. The van der Waals surface area contributed by atoms with Crippen molar-refractivity contribution in [3.05, 3.63) is 24.3 Å². The van der Waals surface area contributed by atoms with Crippen LogP contribution in [0.1, 0.15) is 26.7 Å². The first-order valence-electron chi connectivity index (χ1n) is 6.99. The molecule has 6 nitrogen and oxygen atoms in total. The number of anilines is 2. The van der Waals surface area contributed by atoms with Crippen molar-refractivity contribution in [1.82, 2.24) is 5.32 Å². The minimum Gasteiger partial charge on any atom is -0.453 e. The fourth-order valence-corrected chi connectivity index (χ4v) is 1.67. The van der Waals surface area contributed by atoms with Crippen LogP contribution in [0.15, 0.2) is 24.3 Å². The number of hydrogen-bond acceptors (Lipinski definition) is 4. The van der Waals surface area contributed by atoms with Gasteiger partial charge in [-0.1, -0.05) is 13.8 Å². The number of rotatable bonds is 7. The minimum absolute atomic E-state index is 0.0192. The molecule has 1 aromatic rings. The van der Waals surface area contributed by atoms with E-state index in [0.29, 0.717) is 23.8 Å². The van der Waals surface area contributed by atoms with Gasteiger partial charge in [-0.3, -0.25) is 10.1 Å². The molecule has 0 aliphatic heterocycles. The van der Waals surface area contributed by atoms with E-state index in [0.717, 1.165) is 13.0 Å². The lowest BCUT2D eigenvalue weighted by Gasteiger charge is -2.09. The molecule has 0 radical (unpaired) electrons. The van der Waals surface area contributed by atoms with E-state index >= 15 is 0 Å². The summed E-state index contributed by atoms with van der Waals surface area (Å²) in [6.07, 6.45) is 0.748. The fraction of sp³-hybridized carbons (Fsp3) is 0.467. The van der Waals surface area contributed by atoms with Crippen molar-refractivity contribution >= 4 is 23.4 Å². The number of carbonyl (C=O) groups is 2. The lowest BCUT2D eigenvalue weighted by Crippen LogP contribution is -2.24. The summed E-state index contributed by atoms with van der Waals surface area (Å²) in [6, 6.07) is 7.30. The SMILES string of the molecule is COC(=O)Nc1ccc(NC(=O)CCCNC(C)C)cc1. The molecule has 21 heavy (non-hydrogen) atoms. The zero-order chi connectivity index (χ0) is 15.7. The summed E-state index contributed by atoms with van der Waals surface area (Å²) < 4.78 is 4.49. The predicted octanol–water partition coefficient (Wildman–Crippen LogP) is 2.58. The molecule has 0 spiro atoms. The molecule has 0 bridgehead atoms. The minimum atomic E-state index is -0.524. The molecule has 0 saturated heterocycles. The van der Waals surface area contributed by atoms with Crippen molar-refractivity contribution in [2.75, 3.05) is 24.3 Å². The predicted molar refractivity (Wildman–Crippen MR) is 83.5 cm³/mol. The summed E-state index contributed by atoms with van der Waals surface area (Å²) in [5, 5.41) is 8.62. The highest BCUT2D eigenvalue weighted by Crippen LogP contribution is 2.14. The number of nitrogens with one attached hydrogen (secondary N) is 3. The molecule has 0 fully saturated rings. The van der Waals surface area contributed by atoms with Crippen molar-refractivity contribution in [1.29, 1.82) is 0 Å². The van der Waals surface area contributed by atoms with E-state index in [2.05, 4.69) is 34.5 Å². The molecule has 6 heteroatoms. The highest BCUT2D eigenvalue weighted by atomic mass is 16.5. The second kappa shape index (κ2) is 8.97. The Morgan fingerprint density at radius 1 is 1.10 bits per heavy atom. The van der Waals surface area contributed by atoms with Gasteiger partial charge in [-0.05, 0) is 37.2 Å². The van der Waals surface area contributed by atoms with Crippen LogP contribution in [-0.4, -0.2) is 31.7 Å². The first-order chi connectivity index (χ1) is 10.0. The van der Waals surface area contributed by atoms with Gasteiger partial charge in [-0.15, -0.1) is 0 Å². The van der Waals surface area contributed by atoms with Crippen molar-refractivity contribution in [2.45, 2.75) is 32.7 Å². The molecule has 3 N–H and O–H groups in total. The van der Waals surface area contributed by atoms with Gasteiger partial charge in [-0.2, -0.15) is 0 Å². The van der Waals surface area contributed by atoms with Gasteiger partial charge in [0.1, 0.15) is 0 Å². The second-order valence-electron chi connectivity index (χ2n) is 4.95. The number of carbonyl (C=O) groups excluding carboxylic acids is 2. The molecule has 1 aromatic carbocycles. The topological polar surface area (TPSA) is 79.5 Å². The van der Waals surface area contributed by atoms with Gasteiger partial charge in [0, 0.05) is 23.8 Å². The molecule has 0 atom stereocenters. The zero-order valence-corrected chi connectivity index (χ0v) is 12.7. The fourth-order valence-electron chi connectivity index (χ4n) is 1.67. The van der Waals surface area contributed by atoms with E-state index in [1.807, 2.05) is 0 Å². The van der Waals surface area contributed by atoms with Crippen LogP contribution >= 0.6 is 0 Å². The van der Waals surface area contributed by atoms with E-state index in [1.54, 1.807) is 24.3 Å². The molecule has 0 aliphatic carbocycles. The van der Waals surface area contributed by atoms with Gasteiger partial charge < -0.3 is 15.4 Å². The molecular weight excluding hydrogens is 270 g/mol. The number of ether oxygens (including phenoxy) is 1. The van der Waals surface area contributed by atoms with E-state index in [-0.39, 0.29) is 5.91 Å². The van der Waals surface area contributed by atoms with E-state index in [1.165, 1.54) is 7.11 Å². The van der Waals surface area contributed by atoms with Crippen LogP contribution in [0.4, 0.5) is 16.2 Å². The molecular formula is C15H23N3O3. The van der Waals surface area contributed by atoms with Crippen molar-refractivity contribution in [3.8, 4) is 0 Å². The maximum Gasteiger partial charge on any atom is 0.411 e.